The number of hydrogen-bond acceptors (Lipinski definition) is 8. The van der Waals surface area contributed by atoms with E-state index in [9.17, 15) is 4.79 Å². The van der Waals surface area contributed by atoms with Gasteiger partial charge in [0.15, 0.2) is 10.9 Å². The number of benzene rings is 2. The Hall–Kier alpha value is -3.80. The van der Waals surface area contributed by atoms with Gasteiger partial charge in [0, 0.05) is 11.8 Å². The Kier molecular flexibility index (Phi) is 6.70. The highest BCUT2D eigenvalue weighted by Gasteiger charge is 2.23. The largest absolute Gasteiger partial charge is 0.497 e. The molecule has 1 aliphatic heterocycles. The lowest BCUT2D eigenvalue weighted by molar-refractivity contribution is 0.0909. The molecule has 0 aliphatic carbocycles. The average molecular weight is 484 g/mol. The first-order valence-electron chi connectivity index (χ1n) is 11.5. The van der Waals surface area contributed by atoms with Gasteiger partial charge in [-0.15, -0.1) is 0 Å². The van der Waals surface area contributed by atoms with E-state index in [2.05, 4.69) is 38.4 Å². The third-order valence-corrected chi connectivity index (χ3v) is 7.31. The SMILES string of the molecule is COc1ccc(C(=O)CN2CCC(c3ccnc(Nc4nc5ccc(C#N)cc5s4)c3)CC2)cc1. The number of pyridine rings is 1. The molecule has 0 atom stereocenters. The third-order valence-electron chi connectivity index (χ3n) is 6.37. The second kappa shape index (κ2) is 10.2. The number of anilines is 2. The molecule has 0 amide bonds. The lowest BCUT2D eigenvalue weighted by Crippen LogP contribution is -2.36. The van der Waals surface area contributed by atoms with Crippen molar-refractivity contribution in [3.8, 4) is 11.8 Å². The summed E-state index contributed by atoms with van der Waals surface area (Å²) in [5.74, 6) is 2.09. The van der Waals surface area contributed by atoms with Gasteiger partial charge in [-0.2, -0.15) is 5.26 Å². The number of piperidine rings is 1. The number of carbonyl (C=O) groups excluding carboxylic acids is 1. The summed E-state index contributed by atoms with van der Waals surface area (Å²) in [7, 11) is 1.62. The van der Waals surface area contributed by atoms with Crippen molar-refractivity contribution >= 4 is 38.3 Å². The number of ether oxygens (including phenoxy) is 1. The molecule has 3 heterocycles. The van der Waals surface area contributed by atoms with Gasteiger partial charge in [-0.05, 0) is 92.0 Å². The van der Waals surface area contributed by atoms with Crippen molar-refractivity contribution in [1.29, 1.82) is 5.26 Å². The van der Waals surface area contributed by atoms with Crippen molar-refractivity contribution in [3.63, 3.8) is 0 Å². The highest BCUT2D eigenvalue weighted by atomic mass is 32.1. The second-order valence-electron chi connectivity index (χ2n) is 8.61. The number of carbonyl (C=O) groups is 1. The highest BCUT2D eigenvalue weighted by Crippen LogP contribution is 2.32. The van der Waals surface area contributed by atoms with Gasteiger partial charge in [0.25, 0.3) is 0 Å². The van der Waals surface area contributed by atoms with Crippen LogP contribution < -0.4 is 10.1 Å². The van der Waals surface area contributed by atoms with E-state index >= 15 is 0 Å². The van der Waals surface area contributed by atoms with Crippen LogP contribution in [0.2, 0.25) is 0 Å². The van der Waals surface area contributed by atoms with Gasteiger partial charge >= 0.3 is 0 Å². The number of nitrogens with one attached hydrogen (secondary N) is 1. The number of thiazole rings is 1. The monoisotopic (exact) mass is 483 g/mol. The van der Waals surface area contributed by atoms with Crippen LogP contribution >= 0.6 is 11.3 Å². The number of methoxy groups -OCH3 is 1. The molecular formula is C27H25N5O2S. The van der Waals surface area contributed by atoms with Crippen molar-refractivity contribution in [2.24, 2.45) is 0 Å². The lowest BCUT2D eigenvalue weighted by Gasteiger charge is -2.31. The van der Waals surface area contributed by atoms with Crippen molar-refractivity contribution < 1.29 is 9.53 Å². The highest BCUT2D eigenvalue weighted by molar-refractivity contribution is 7.22. The first-order valence-corrected chi connectivity index (χ1v) is 12.4. The van der Waals surface area contributed by atoms with E-state index in [1.165, 1.54) is 16.9 Å². The molecular weight excluding hydrogens is 458 g/mol. The number of ketones is 1. The van der Waals surface area contributed by atoms with Gasteiger partial charge in [-0.1, -0.05) is 11.3 Å². The Morgan fingerprint density at radius 3 is 2.71 bits per heavy atom. The minimum Gasteiger partial charge on any atom is -0.497 e. The Balaban J connectivity index is 1.19. The van der Waals surface area contributed by atoms with Crippen LogP contribution in [0.15, 0.2) is 60.8 Å². The normalized spacial score (nSPS) is 14.5. The summed E-state index contributed by atoms with van der Waals surface area (Å²) in [6, 6.07) is 19.1. The molecule has 2 aromatic heterocycles. The zero-order valence-electron chi connectivity index (χ0n) is 19.4. The van der Waals surface area contributed by atoms with Crippen LogP contribution in [0.3, 0.4) is 0 Å². The minimum absolute atomic E-state index is 0.138. The molecule has 0 radical (unpaired) electrons. The fraction of sp³-hybridized carbons (Fsp3) is 0.259. The van der Waals surface area contributed by atoms with E-state index in [0.29, 0.717) is 18.0 Å². The van der Waals surface area contributed by atoms with Gasteiger partial charge in [0.1, 0.15) is 11.6 Å². The fourth-order valence-electron chi connectivity index (χ4n) is 4.42. The summed E-state index contributed by atoms with van der Waals surface area (Å²) >= 11 is 1.51. The number of likely N-dealkylation sites (tertiary alicyclic amines) is 1. The molecule has 0 spiro atoms. The Bertz CT molecular complexity index is 1380. The molecule has 5 rings (SSSR count). The van der Waals surface area contributed by atoms with Crippen LogP contribution in [-0.4, -0.2) is 47.4 Å². The molecule has 8 heteroatoms. The predicted molar refractivity (Wildman–Crippen MR) is 138 cm³/mol. The summed E-state index contributed by atoms with van der Waals surface area (Å²) in [5, 5.41) is 13.2. The zero-order chi connectivity index (χ0) is 24.2. The van der Waals surface area contributed by atoms with Gasteiger partial charge in [0.2, 0.25) is 0 Å². The quantitative estimate of drug-likeness (QED) is 0.353. The second-order valence-corrected chi connectivity index (χ2v) is 9.65. The summed E-state index contributed by atoms with van der Waals surface area (Å²) < 4.78 is 6.14. The zero-order valence-corrected chi connectivity index (χ0v) is 20.2. The number of aromatic nitrogens is 2. The molecule has 1 N–H and O–H groups in total. The van der Waals surface area contributed by atoms with Crippen LogP contribution in [0.1, 0.15) is 40.2 Å². The smallest absolute Gasteiger partial charge is 0.189 e. The summed E-state index contributed by atoms with van der Waals surface area (Å²) in [6.07, 6.45) is 3.83. The standard InChI is InChI=1S/C27H25N5O2S/c1-34-22-5-3-20(4-6-22)24(33)17-32-12-9-19(10-13-32)21-8-11-29-26(15-21)31-27-30-23-7-2-18(16-28)14-25(23)35-27/h2-8,11,14-15,19H,9-10,12-13,17H2,1H3,(H,29,30,31). The molecule has 1 fully saturated rings. The number of fused-ring (bicyclic) bond motifs is 1. The molecule has 35 heavy (non-hydrogen) atoms. The number of Topliss-reactive ketones (excluding diaryl/α,β-unsaturated/α-hetero) is 1. The fourth-order valence-corrected chi connectivity index (χ4v) is 5.33. The molecule has 4 aromatic rings. The van der Waals surface area contributed by atoms with E-state index < -0.39 is 0 Å². The van der Waals surface area contributed by atoms with Gasteiger partial charge in [-0.25, -0.2) is 9.97 Å². The van der Waals surface area contributed by atoms with Gasteiger partial charge < -0.3 is 10.1 Å². The first-order chi connectivity index (χ1) is 17.1. The maximum absolute atomic E-state index is 12.7. The number of nitriles is 1. The van der Waals surface area contributed by atoms with E-state index in [1.54, 1.807) is 13.2 Å². The van der Waals surface area contributed by atoms with E-state index in [1.807, 2.05) is 42.6 Å². The molecule has 0 bridgehead atoms. The van der Waals surface area contributed by atoms with Gasteiger partial charge in [-0.3, -0.25) is 9.69 Å². The summed E-state index contributed by atoms with van der Waals surface area (Å²) in [5.41, 5.74) is 3.46. The number of nitrogens with zero attached hydrogens (tertiary/aromatic N) is 4. The summed E-state index contributed by atoms with van der Waals surface area (Å²) in [4.78, 5) is 24.0. The molecule has 7 nitrogen and oxygen atoms in total. The Labute approximate surface area is 208 Å². The maximum Gasteiger partial charge on any atom is 0.189 e. The van der Waals surface area contributed by atoms with Crippen LogP contribution in [-0.2, 0) is 0 Å². The minimum atomic E-state index is 0.138. The molecule has 1 aliphatic rings. The van der Waals surface area contributed by atoms with Crippen molar-refractivity contribution in [2.75, 3.05) is 32.1 Å². The topological polar surface area (TPSA) is 91.1 Å². The average Bonchev–Trinajstić information content (AvgIpc) is 3.30. The van der Waals surface area contributed by atoms with Crippen LogP contribution in [0.5, 0.6) is 5.75 Å². The Morgan fingerprint density at radius 1 is 1.17 bits per heavy atom. The predicted octanol–water partition coefficient (Wildman–Crippen LogP) is 5.38. The van der Waals surface area contributed by atoms with E-state index in [-0.39, 0.29) is 5.78 Å². The van der Waals surface area contributed by atoms with Crippen molar-refractivity contribution in [3.05, 3.63) is 77.5 Å². The van der Waals surface area contributed by atoms with Gasteiger partial charge in [0.05, 0.1) is 35.5 Å². The molecule has 0 saturated carbocycles. The molecule has 0 unspecified atom stereocenters. The van der Waals surface area contributed by atoms with E-state index in [4.69, 9.17) is 10.00 Å². The Morgan fingerprint density at radius 2 is 1.97 bits per heavy atom. The number of hydrogen-bond donors (Lipinski definition) is 1. The van der Waals surface area contributed by atoms with Crippen LogP contribution in [0.25, 0.3) is 10.2 Å². The number of rotatable bonds is 7. The molecule has 1 saturated heterocycles. The molecule has 176 valence electrons. The van der Waals surface area contributed by atoms with Crippen LogP contribution in [0, 0.1) is 11.3 Å². The van der Waals surface area contributed by atoms with E-state index in [0.717, 1.165) is 58.4 Å². The first kappa shape index (κ1) is 23.0. The van der Waals surface area contributed by atoms with Crippen molar-refractivity contribution in [1.82, 2.24) is 14.9 Å². The summed E-state index contributed by atoms with van der Waals surface area (Å²) in [6.45, 7) is 2.21. The third kappa shape index (κ3) is 5.32. The van der Waals surface area contributed by atoms with Crippen molar-refractivity contribution in [2.45, 2.75) is 18.8 Å². The lowest BCUT2D eigenvalue weighted by atomic mass is 9.90. The van der Waals surface area contributed by atoms with Crippen LogP contribution in [0.4, 0.5) is 10.9 Å². The maximum atomic E-state index is 12.7. The molecule has 2 aromatic carbocycles.